The van der Waals surface area contributed by atoms with Crippen LogP contribution in [0.3, 0.4) is 0 Å². The first-order chi connectivity index (χ1) is 9.83. The fourth-order valence-electron chi connectivity index (χ4n) is 1.92. The molecule has 114 valence electrons. The Balaban J connectivity index is 2.29. The Labute approximate surface area is 137 Å². The number of aliphatic hydroxyl groups excluding tert-OH is 1. The molecule has 0 bridgehead atoms. The van der Waals surface area contributed by atoms with Gasteiger partial charge in [0.15, 0.2) is 0 Å². The van der Waals surface area contributed by atoms with Gasteiger partial charge in [-0.05, 0) is 59.1 Å². The van der Waals surface area contributed by atoms with E-state index >= 15 is 0 Å². The van der Waals surface area contributed by atoms with Crippen molar-refractivity contribution in [3.8, 4) is 0 Å². The van der Waals surface area contributed by atoms with Crippen molar-refractivity contribution < 1.29 is 13.5 Å². The predicted molar refractivity (Wildman–Crippen MR) is 87.9 cm³/mol. The van der Waals surface area contributed by atoms with Crippen LogP contribution in [0.5, 0.6) is 0 Å². The summed E-state index contributed by atoms with van der Waals surface area (Å²) in [5.74, 6) is 0. The number of hydrogen-bond donors (Lipinski definition) is 2. The van der Waals surface area contributed by atoms with Gasteiger partial charge >= 0.3 is 0 Å². The molecular weight excluding hydrogens is 374 g/mol. The van der Waals surface area contributed by atoms with E-state index in [1.807, 2.05) is 19.1 Å². The maximum absolute atomic E-state index is 12.4. The van der Waals surface area contributed by atoms with Crippen LogP contribution in [0.4, 0.5) is 0 Å². The van der Waals surface area contributed by atoms with Crippen molar-refractivity contribution in [3.05, 3.63) is 49.6 Å². The number of hydrogen-bond acceptors (Lipinski definition) is 4. The van der Waals surface area contributed by atoms with Crippen LogP contribution >= 0.6 is 27.3 Å². The zero-order valence-electron chi connectivity index (χ0n) is 11.7. The number of halogens is 1. The van der Waals surface area contributed by atoms with Crippen LogP contribution in [0.25, 0.3) is 0 Å². The topological polar surface area (TPSA) is 66.4 Å². The minimum atomic E-state index is -3.64. The largest absolute Gasteiger partial charge is 0.392 e. The molecule has 2 aromatic rings. The molecule has 0 radical (unpaired) electrons. The monoisotopic (exact) mass is 389 g/mol. The summed E-state index contributed by atoms with van der Waals surface area (Å²) in [6, 6.07) is 7.11. The highest BCUT2D eigenvalue weighted by Gasteiger charge is 2.20. The Kier molecular flexibility index (Phi) is 5.21. The number of aryl methyl sites for hydroxylation is 2. The molecule has 0 spiro atoms. The maximum Gasteiger partial charge on any atom is 0.242 e. The first kappa shape index (κ1) is 16.6. The third-order valence-corrected chi connectivity index (χ3v) is 6.73. The van der Waals surface area contributed by atoms with Crippen LogP contribution < -0.4 is 4.72 Å². The number of nitrogens with one attached hydrogen (secondary N) is 1. The van der Waals surface area contributed by atoms with Crippen molar-refractivity contribution in [1.29, 1.82) is 0 Å². The molecule has 2 N–H and O–H groups in total. The maximum atomic E-state index is 12.4. The van der Waals surface area contributed by atoms with Gasteiger partial charge in [-0.15, -0.1) is 11.3 Å². The summed E-state index contributed by atoms with van der Waals surface area (Å²) in [5, 5.41) is 9.22. The molecule has 0 amide bonds. The van der Waals surface area contributed by atoms with E-state index in [0.29, 0.717) is 10.0 Å². The number of aliphatic hydroxyl groups is 1. The predicted octanol–water partition coefficient (Wildman–Crippen LogP) is 3.10. The van der Waals surface area contributed by atoms with E-state index in [0.717, 1.165) is 15.3 Å². The van der Waals surface area contributed by atoms with E-state index in [4.69, 9.17) is 0 Å². The zero-order valence-corrected chi connectivity index (χ0v) is 14.9. The van der Waals surface area contributed by atoms with Gasteiger partial charge < -0.3 is 5.11 Å². The Bertz CT molecular complexity index is 754. The lowest BCUT2D eigenvalue weighted by Crippen LogP contribution is -2.23. The summed E-state index contributed by atoms with van der Waals surface area (Å²) < 4.78 is 28.0. The number of benzene rings is 1. The van der Waals surface area contributed by atoms with Crippen LogP contribution in [0.2, 0.25) is 0 Å². The van der Waals surface area contributed by atoms with E-state index in [2.05, 4.69) is 20.7 Å². The molecule has 1 heterocycles. The lowest BCUT2D eigenvalue weighted by atomic mass is 10.1. The average Bonchev–Trinajstić information content (AvgIpc) is 2.85. The van der Waals surface area contributed by atoms with Gasteiger partial charge in [-0.25, -0.2) is 13.1 Å². The molecule has 4 nitrogen and oxygen atoms in total. The van der Waals surface area contributed by atoms with Crippen molar-refractivity contribution in [2.45, 2.75) is 31.9 Å². The molecule has 0 atom stereocenters. The van der Waals surface area contributed by atoms with Gasteiger partial charge in [-0.2, -0.15) is 0 Å². The van der Waals surface area contributed by atoms with E-state index in [1.165, 1.54) is 6.07 Å². The smallest absolute Gasteiger partial charge is 0.242 e. The highest BCUT2D eigenvalue weighted by molar-refractivity contribution is 9.10. The highest BCUT2D eigenvalue weighted by atomic mass is 79.9. The molecule has 0 aliphatic rings. The molecule has 0 saturated heterocycles. The average molecular weight is 390 g/mol. The van der Waals surface area contributed by atoms with Gasteiger partial charge in [-0.3, -0.25) is 0 Å². The van der Waals surface area contributed by atoms with Gasteiger partial charge in [0.1, 0.15) is 0 Å². The van der Waals surface area contributed by atoms with Gasteiger partial charge in [0.05, 0.1) is 11.5 Å². The molecule has 0 aliphatic heterocycles. The summed E-state index contributed by atoms with van der Waals surface area (Å²) in [4.78, 5) is 2.26. The summed E-state index contributed by atoms with van der Waals surface area (Å²) >= 11 is 4.87. The van der Waals surface area contributed by atoms with Gasteiger partial charge in [0, 0.05) is 20.8 Å². The fourth-order valence-corrected chi connectivity index (χ4v) is 4.91. The minimum absolute atomic E-state index is 0.153. The zero-order chi connectivity index (χ0) is 15.6. The van der Waals surface area contributed by atoms with E-state index in [1.54, 1.807) is 24.3 Å². The van der Waals surface area contributed by atoms with Crippen LogP contribution in [-0.2, 0) is 23.2 Å². The Morgan fingerprint density at radius 2 is 2.00 bits per heavy atom. The molecule has 7 heteroatoms. The molecule has 0 fully saturated rings. The second-order valence-corrected chi connectivity index (χ2v) is 8.62. The second-order valence-electron chi connectivity index (χ2n) is 4.72. The standard InChI is InChI=1S/C14H16BrNO3S2/c1-9-5-11(8-17)6-13(14(9)15)21(18,19)16-7-12-4-3-10(2)20-12/h3-6,16-17H,7-8H2,1-2H3. The minimum Gasteiger partial charge on any atom is -0.392 e. The summed E-state index contributed by atoms with van der Waals surface area (Å²) in [6.07, 6.45) is 0. The van der Waals surface area contributed by atoms with E-state index < -0.39 is 10.0 Å². The summed E-state index contributed by atoms with van der Waals surface area (Å²) in [6.45, 7) is 3.84. The fraction of sp³-hybridized carbons (Fsp3) is 0.286. The summed E-state index contributed by atoms with van der Waals surface area (Å²) in [7, 11) is -3.64. The van der Waals surface area contributed by atoms with Crippen molar-refractivity contribution in [2.24, 2.45) is 0 Å². The molecule has 2 rings (SSSR count). The molecule has 1 aromatic heterocycles. The van der Waals surface area contributed by atoms with Crippen LogP contribution in [0.15, 0.2) is 33.6 Å². The van der Waals surface area contributed by atoms with Crippen LogP contribution in [-0.4, -0.2) is 13.5 Å². The number of thiophene rings is 1. The Hall–Kier alpha value is -0.730. The first-order valence-electron chi connectivity index (χ1n) is 6.28. The summed E-state index contributed by atoms with van der Waals surface area (Å²) in [5.41, 5.74) is 1.34. The highest BCUT2D eigenvalue weighted by Crippen LogP contribution is 2.27. The van der Waals surface area contributed by atoms with Gasteiger partial charge in [0.25, 0.3) is 0 Å². The third-order valence-electron chi connectivity index (χ3n) is 2.99. The number of rotatable bonds is 5. The third kappa shape index (κ3) is 3.92. The second kappa shape index (κ2) is 6.58. The molecule has 0 aliphatic carbocycles. The lowest BCUT2D eigenvalue weighted by Gasteiger charge is -2.11. The van der Waals surface area contributed by atoms with Crippen molar-refractivity contribution in [3.63, 3.8) is 0 Å². The molecule has 1 aromatic carbocycles. The van der Waals surface area contributed by atoms with E-state index in [9.17, 15) is 13.5 Å². The Morgan fingerprint density at radius 3 is 2.57 bits per heavy atom. The molecule has 0 unspecified atom stereocenters. The first-order valence-corrected chi connectivity index (χ1v) is 9.37. The Morgan fingerprint density at radius 1 is 1.29 bits per heavy atom. The number of sulfonamides is 1. The van der Waals surface area contributed by atoms with Gasteiger partial charge in [-0.1, -0.05) is 6.07 Å². The SMILES string of the molecule is Cc1ccc(CNS(=O)(=O)c2cc(CO)cc(C)c2Br)s1. The normalized spacial score (nSPS) is 11.8. The molecule has 0 saturated carbocycles. The quantitative estimate of drug-likeness (QED) is 0.825. The van der Waals surface area contributed by atoms with E-state index in [-0.39, 0.29) is 18.0 Å². The molecule has 21 heavy (non-hydrogen) atoms. The van der Waals surface area contributed by atoms with Crippen LogP contribution in [0, 0.1) is 13.8 Å². The van der Waals surface area contributed by atoms with Crippen molar-refractivity contribution >= 4 is 37.3 Å². The van der Waals surface area contributed by atoms with Crippen molar-refractivity contribution in [1.82, 2.24) is 4.72 Å². The van der Waals surface area contributed by atoms with Crippen molar-refractivity contribution in [2.75, 3.05) is 0 Å². The van der Waals surface area contributed by atoms with Gasteiger partial charge in [0.2, 0.25) is 10.0 Å². The lowest BCUT2D eigenvalue weighted by molar-refractivity contribution is 0.281. The molecular formula is C14H16BrNO3S2. The van der Waals surface area contributed by atoms with Crippen LogP contribution in [0.1, 0.15) is 20.9 Å².